The van der Waals surface area contributed by atoms with E-state index in [0.29, 0.717) is 11.6 Å². The summed E-state index contributed by atoms with van der Waals surface area (Å²) in [5.41, 5.74) is 4.63. The summed E-state index contributed by atoms with van der Waals surface area (Å²) >= 11 is 0. The number of H-pyrrole nitrogens is 1. The second-order valence-electron chi connectivity index (χ2n) is 6.29. The summed E-state index contributed by atoms with van der Waals surface area (Å²) < 4.78 is 2.12. The first-order valence-corrected chi connectivity index (χ1v) is 8.21. The molecule has 0 spiro atoms. The van der Waals surface area contributed by atoms with E-state index in [1.165, 1.54) is 32.1 Å². The molecule has 0 bridgehead atoms. The molecule has 3 aromatic rings. The Hall–Kier alpha value is -2.61. The SMILES string of the molecule is Cc1nn(C2CCCCC2)c2nc(-c3ccc(C#N)cc3)[nH]c12. The van der Waals surface area contributed by atoms with Crippen molar-refractivity contribution in [2.24, 2.45) is 0 Å². The molecule has 0 unspecified atom stereocenters. The van der Waals surface area contributed by atoms with E-state index in [4.69, 9.17) is 15.3 Å². The lowest BCUT2D eigenvalue weighted by Gasteiger charge is -2.21. The fraction of sp³-hybridized carbons (Fsp3) is 0.389. The van der Waals surface area contributed by atoms with Gasteiger partial charge in [-0.3, -0.25) is 0 Å². The largest absolute Gasteiger partial charge is 0.335 e. The van der Waals surface area contributed by atoms with E-state index >= 15 is 0 Å². The summed E-state index contributed by atoms with van der Waals surface area (Å²) in [5.74, 6) is 0.842. The van der Waals surface area contributed by atoms with Gasteiger partial charge in [0.1, 0.15) is 11.3 Å². The molecule has 1 aliphatic carbocycles. The first-order chi connectivity index (χ1) is 11.3. The smallest absolute Gasteiger partial charge is 0.177 e. The van der Waals surface area contributed by atoms with Crippen LogP contribution in [0.4, 0.5) is 0 Å². The van der Waals surface area contributed by atoms with E-state index in [1.54, 1.807) is 0 Å². The minimum atomic E-state index is 0.470. The number of rotatable bonds is 2. The molecule has 23 heavy (non-hydrogen) atoms. The Kier molecular flexibility index (Phi) is 3.38. The molecule has 5 nitrogen and oxygen atoms in total. The first kappa shape index (κ1) is 14.0. The molecule has 1 saturated carbocycles. The highest BCUT2D eigenvalue weighted by molar-refractivity contribution is 5.79. The summed E-state index contributed by atoms with van der Waals surface area (Å²) in [5, 5.41) is 13.6. The molecule has 5 heteroatoms. The first-order valence-electron chi connectivity index (χ1n) is 8.21. The van der Waals surface area contributed by atoms with Gasteiger partial charge >= 0.3 is 0 Å². The average Bonchev–Trinajstić information content (AvgIpc) is 3.17. The van der Waals surface area contributed by atoms with Gasteiger partial charge < -0.3 is 4.98 Å². The standard InChI is InChI=1S/C18H19N5/c1-12-16-18(23(22-12)15-5-3-2-4-6-15)21-17(20-16)14-9-7-13(11-19)8-10-14/h7-10,15H,2-6H2,1H3,(H,20,21). The van der Waals surface area contributed by atoms with Crippen LogP contribution >= 0.6 is 0 Å². The summed E-state index contributed by atoms with van der Waals surface area (Å²) in [6.45, 7) is 2.03. The molecule has 1 aromatic carbocycles. The average molecular weight is 305 g/mol. The van der Waals surface area contributed by atoms with E-state index in [0.717, 1.165) is 28.2 Å². The van der Waals surface area contributed by atoms with Crippen LogP contribution in [0.5, 0.6) is 0 Å². The van der Waals surface area contributed by atoms with E-state index < -0.39 is 0 Å². The van der Waals surface area contributed by atoms with E-state index in [9.17, 15) is 0 Å². The molecule has 116 valence electrons. The Morgan fingerprint density at radius 3 is 2.61 bits per heavy atom. The van der Waals surface area contributed by atoms with Gasteiger partial charge in [-0.2, -0.15) is 10.4 Å². The minimum Gasteiger partial charge on any atom is -0.335 e. The number of nitrogens with one attached hydrogen (secondary N) is 1. The number of aromatic amines is 1. The molecule has 2 aromatic heterocycles. The zero-order valence-electron chi connectivity index (χ0n) is 13.2. The zero-order chi connectivity index (χ0) is 15.8. The minimum absolute atomic E-state index is 0.470. The Balaban J connectivity index is 1.76. The number of aromatic nitrogens is 4. The van der Waals surface area contributed by atoms with Crippen molar-refractivity contribution in [1.29, 1.82) is 5.26 Å². The fourth-order valence-electron chi connectivity index (χ4n) is 3.46. The molecule has 0 amide bonds. The van der Waals surface area contributed by atoms with Gasteiger partial charge in [-0.25, -0.2) is 9.67 Å². The van der Waals surface area contributed by atoms with Crippen LogP contribution in [0.25, 0.3) is 22.6 Å². The molecular formula is C18H19N5. The van der Waals surface area contributed by atoms with E-state index in [-0.39, 0.29) is 0 Å². The molecular weight excluding hydrogens is 286 g/mol. The van der Waals surface area contributed by atoms with E-state index in [2.05, 4.69) is 15.7 Å². The second-order valence-corrected chi connectivity index (χ2v) is 6.29. The molecule has 0 radical (unpaired) electrons. The normalized spacial score (nSPS) is 15.8. The van der Waals surface area contributed by atoms with Gasteiger partial charge in [0, 0.05) is 5.56 Å². The van der Waals surface area contributed by atoms with Gasteiger partial charge in [-0.1, -0.05) is 19.3 Å². The second kappa shape index (κ2) is 5.54. The van der Waals surface area contributed by atoms with Crippen LogP contribution in [-0.2, 0) is 0 Å². The lowest BCUT2D eigenvalue weighted by Crippen LogP contribution is -2.14. The summed E-state index contributed by atoms with van der Waals surface area (Å²) in [6, 6.07) is 10.1. The Bertz CT molecular complexity index is 873. The Morgan fingerprint density at radius 1 is 1.17 bits per heavy atom. The highest BCUT2D eigenvalue weighted by Gasteiger charge is 2.22. The van der Waals surface area contributed by atoms with Crippen molar-refractivity contribution in [3.63, 3.8) is 0 Å². The van der Waals surface area contributed by atoms with Crippen molar-refractivity contribution < 1.29 is 0 Å². The Labute approximate surface area is 135 Å². The summed E-state index contributed by atoms with van der Waals surface area (Å²) in [6.07, 6.45) is 6.26. The van der Waals surface area contributed by atoms with Crippen LogP contribution in [0, 0.1) is 18.3 Å². The molecule has 1 N–H and O–H groups in total. The van der Waals surface area contributed by atoms with Crippen molar-refractivity contribution in [3.05, 3.63) is 35.5 Å². The number of benzene rings is 1. The van der Waals surface area contributed by atoms with Gasteiger partial charge in [-0.05, 0) is 44.0 Å². The van der Waals surface area contributed by atoms with Crippen LogP contribution < -0.4 is 0 Å². The van der Waals surface area contributed by atoms with Crippen LogP contribution in [0.15, 0.2) is 24.3 Å². The third-order valence-electron chi connectivity index (χ3n) is 4.73. The molecule has 1 fully saturated rings. The molecule has 1 aliphatic rings. The molecule has 0 atom stereocenters. The number of nitrogens with zero attached hydrogens (tertiary/aromatic N) is 4. The maximum Gasteiger partial charge on any atom is 0.177 e. The third-order valence-corrected chi connectivity index (χ3v) is 4.73. The predicted octanol–water partition coefficient (Wildman–Crippen LogP) is 4.11. The van der Waals surface area contributed by atoms with Crippen LogP contribution in [-0.4, -0.2) is 19.7 Å². The number of aryl methyl sites for hydroxylation is 1. The van der Waals surface area contributed by atoms with Gasteiger partial charge in [0.05, 0.1) is 23.4 Å². The highest BCUT2D eigenvalue weighted by atomic mass is 15.3. The van der Waals surface area contributed by atoms with Crippen molar-refractivity contribution in [3.8, 4) is 17.5 Å². The van der Waals surface area contributed by atoms with E-state index in [1.807, 2.05) is 31.2 Å². The van der Waals surface area contributed by atoms with Crippen molar-refractivity contribution in [2.75, 3.05) is 0 Å². The van der Waals surface area contributed by atoms with Gasteiger partial charge in [0.25, 0.3) is 0 Å². The maximum atomic E-state index is 8.91. The predicted molar refractivity (Wildman–Crippen MR) is 88.9 cm³/mol. The van der Waals surface area contributed by atoms with Crippen molar-refractivity contribution in [2.45, 2.75) is 45.1 Å². The molecule has 4 rings (SSSR count). The summed E-state index contributed by atoms with van der Waals surface area (Å²) in [7, 11) is 0. The number of hydrogen-bond acceptors (Lipinski definition) is 3. The van der Waals surface area contributed by atoms with Crippen molar-refractivity contribution >= 4 is 11.2 Å². The zero-order valence-corrected chi connectivity index (χ0v) is 13.2. The number of nitriles is 1. The lowest BCUT2D eigenvalue weighted by atomic mass is 9.96. The summed E-state index contributed by atoms with van der Waals surface area (Å²) in [4.78, 5) is 8.20. The quantitative estimate of drug-likeness (QED) is 0.774. The molecule has 0 saturated heterocycles. The van der Waals surface area contributed by atoms with Gasteiger partial charge in [0.2, 0.25) is 0 Å². The van der Waals surface area contributed by atoms with Gasteiger partial charge in [-0.15, -0.1) is 0 Å². The van der Waals surface area contributed by atoms with Crippen LogP contribution in [0.1, 0.15) is 49.4 Å². The van der Waals surface area contributed by atoms with Gasteiger partial charge in [0.15, 0.2) is 5.65 Å². The third kappa shape index (κ3) is 2.40. The van der Waals surface area contributed by atoms with Crippen molar-refractivity contribution in [1.82, 2.24) is 19.7 Å². The fourth-order valence-corrected chi connectivity index (χ4v) is 3.46. The molecule has 2 heterocycles. The number of fused-ring (bicyclic) bond motifs is 1. The number of imidazole rings is 1. The maximum absolute atomic E-state index is 8.91. The van der Waals surface area contributed by atoms with Crippen LogP contribution in [0.3, 0.4) is 0 Å². The van der Waals surface area contributed by atoms with Crippen LogP contribution in [0.2, 0.25) is 0 Å². The Morgan fingerprint density at radius 2 is 1.91 bits per heavy atom. The number of hydrogen-bond donors (Lipinski definition) is 1. The lowest BCUT2D eigenvalue weighted by molar-refractivity contribution is 0.335. The topological polar surface area (TPSA) is 70.3 Å². The highest BCUT2D eigenvalue weighted by Crippen LogP contribution is 2.32. The monoisotopic (exact) mass is 305 g/mol. The molecule has 0 aliphatic heterocycles.